The Kier molecular flexibility index (Phi) is 4.46. The van der Waals surface area contributed by atoms with Gasteiger partial charge in [0.2, 0.25) is 0 Å². The van der Waals surface area contributed by atoms with Crippen molar-refractivity contribution in [3.05, 3.63) is 47.7 Å². The Bertz CT molecular complexity index is 395. The lowest BCUT2D eigenvalue weighted by Crippen LogP contribution is -2.30. The van der Waals surface area contributed by atoms with Crippen LogP contribution in [0.3, 0.4) is 0 Å². The molecule has 0 aliphatic rings. The fraction of sp³-hybridized carbons (Fsp3) is 0.357. The number of benzene rings is 1. The van der Waals surface area contributed by atoms with Crippen LogP contribution in [0.5, 0.6) is 0 Å². The van der Waals surface area contributed by atoms with Crippen molar-refractivity contribution < 1.29 is 4.79 Å². The number of ketones is 1. The SMILES string of the molecule is C=C(N)C(C(C)=O)C(CN)c1ccc(C)cc1. The zero-order chi connectivity index (χ0) is 13.0. The number of nitrogens with two attached hydrogens (primary N) is 2. The maximum atomic E-state index is 11.6. The Morgan fingerprint density at radius 2 is 1.88 bits per heavy atom. The highest BCUT2D eigenvalue weighted by atomic mass is 16.1. The highest BCUT2D eigenvalue weighted by Crippen LogP contribution is 2.27. The van der Waals surface area contributed by atoms with Gasteiger partial charge in [0.05, 0.1) is 5.92 Å². The Morgan fingerprint density at radius 1 is 1.35 bits per heavy atom. The highest BCUT2D eigenvalue weighted by Gasteiger charge is 2.27. The van der Waals surface area contributed by atoms with Crippen LogP contribution in [0.2, 0.25) is 0 Å². The fourth-order valence-corrected chi connectivity index (χ4v) is 2.08. The van der Waals surface area contributed by atoms with E-state index < -0.39 is 5.92 Å². The lowest BCUT2D eigenvalue weighted by Gasteiger charge is -2.24. The topological polar surface area (TPSA) is 69.1 Å². The molecule has 0 spiro atoms. The minimum atomic E-state index is -0.400. The third kappa shape index (κ3) is 3.17. The molecule has 0 radical (unpaired) electrons. The molecule has 4 N–H and O–H groups in total. The summed E-state index contributed by atoms with van der Waals surface area (Å²) < 4.78 is 0. The second-order valence-corrected chi connectivity index (χ2v) is 4.42. The number of hydrogen-bond acceptors (Lipinski definition) is 3. The maximum Gasteiger partial charge on any atom is 0.139 e. The third-order valence-corrected chi connectivity index (χ3v) is 3.00. The smallest absolute Gasteiger partial charge is 0.139 e. The summed E-state index contributed by atoms with van der Waals surface area (Å²) in [6, 6.07) is 8.00. The van der Waals surface area contributed by atoms with E-state index in [1.54, 1.807) is 0 Å². The monoisotopic (exact) mass is 232 g/mol. The molecule has 0 aliphatic carbocycles. The number of aryl methyl sites for hydroxylation is 1. The van der Waals surface area contributed by atoms with Crippen LogP contribution in [0.25, 0.3) is 0 Å². The van der Waals surface area contributed by atoms with E-state index >= 15 is 0 Å². The van der Waals surface area contributed by atoms with Crippen molar-refractivity contribution in [1.82, 2.24) is 0 Å². The number of allylic oxidation sites excluding steroid dienone is 1. The first-order valence-corrected chi connectivity index (χ1v) is 5.68. The highest BCUT2D eigenvalue weighted by molar-refractivity contribution is 5.82. The van der Waals surface area contributed by atoms with Crippen molar-refractivity contribution in [3.8, 4) is 0 Å². The molecule has 0 saturated heterocycles. The average molecular weight is 232 g/mol. The Balaban J connectivity index is 3.08. The molecule has 0 fully saturated rings. The predicted molar refractivity (Wildman–Crippen MR) is 70.5 cm³/mol. The lowest BCUT2D eigenvalue weighted by atomic mass is 9.82. The van der Waals surface area contributed by atoms with E-state index in [1.807, 2.05) is 31.2 Å². The summed E-state index contributed by atoms with van der Waals surface area (Å²) in [4.78, 5) is 11.6. The summed E-state index contributed by atoms with van der Waals surface area (Å²) in [6.45, 7) is 7.62. The summed E-state index contributed by atoms with van der Waals surface area (Å²) >= 11 is 0. The fourth-order valence-electron chi connectivity index (χ4n) is 2.08. The van der Waals surface area contributed by atoms with Gasteiger partial charge in [-0.15, -0.1) is 0 Å². The van der Waals surface area contributed by atoms with Crippen molar-refractivity contribution in [2.24, 2.45) is 17.4 Å². The summed E-state index contributed by atoms with van der Waals surface area (Å²) in [5.41, 5.74) is 14.1. The first kappa shape index (κ1) is 13.5. The number of carbonyl (C=O) groups excluding carboxylic acids is 1. The van der Waals surface area contributed by atoms with Crippen molar-refractivity contribution in [3.63, 3.8) is 0 Å². The number of hydrogen-bond donors (Lipinski definition) is 2. The predicted octanol–water partition coefficient (Wildman–Crippen LogP) is 1.71. The Hall–Kier alpha value is -1.61. The molecule has 0 amide bonds. The van der Waals surface area contributed by atoms with E-state index in [0.717, 1.165) is 5.56 Å². The third-order valence-electron chi connectivity index (χ3n) is 3.00. The number of rotatable bonds is 5. The molecule has 2 unspecified atom stereocenters. The molecular weight excluding hydrogens is 212 g/mol. The van der Waals surface area contributed by atoms with Crippen LogP contribution in [0, 0.1) is 12.8 Å². The molecule has 0 aliphatic heterocycles. The molecule has 2 atom stereocenters. The number of carbonyl (C=O) groups is 1. The summed E-state index contributed by atoms with van der Waals surface area (Å²) in [7, 11) is 0. The van der Waals surface area contributed by atoms with Crippen molar-refractivity contribution in [2.75, 3.05) is 6.54 Å². The summed E-state index contributed by atoms with van der Waals surface area (Å²) in [5, 5.41) is 0. The molecule has 0 saturated carbocycles. The van der Waals surface area contributed by atoms with Gasteiger partial charge in [-0.3, -0.25) is 4.79 Å². The largest absolute Gasteiger partial charge is 0.402 e. The van der Waals surface area contributed by atoms with E-state index in [2.05, 4.69) is 6.58 Å². The first-order valence-electron chi connectivity index (χ1n) is 5.68. The van der Waals surface area contributed by atoms with Gasteiger partial charge >= 0.3 is 0 Å². The van der Waals surface area contributed by atoms with Gasteiger partial charge < -0.3 is 11.5 Å². The maximum absolute atomic E-state index is 11.6. The molecule has 1 rings (SSSR count). The quantitative estimate of drug-likeness (QED) is 0.812. The van der Waals surface area contributed by atoms with Crippen LogP contribution in [0.15, 0.2) is 36.5 Å². The van der Waals surface area contributed by atoms with Crippen LogP contribution in [-0.2, 0) is 4.79 Å². The molecule has 1 aromatic carbocycles. The van der Waals surface area contributed by atoms with Crippen LogP contribution in [0.1, 0.15) is 24.0 Å². The molecule has 3 nitrogen and oxygen atoms in total. The van der Waals surface area contributed by atoms with E-state index in [4.69, 9.17) is 11.5 Å². The van der Waals surface area contributed by atoms with Crippen LogP contribution < -0.4 is 11.5 Å². The normalized spacial score (nSPS) is 14.1. The molecule has 0 heterocycles. The first-order chi connectivity index (χ1) is 7.97. The van der Waals surface area contributed by atoms with Gasteiger partial charge in [-0.1, -0.05) is 36.4 Å². The minimum absolute atomic E-state index is 0.00789. The summed E-state index contributed by atoms with van der Waals surface area (Å²) in [6.07, 6.45) is 0. The van der Waals surface area contributed by atoms with Crippen LogP contribution in [0.4, 0.5) is 0 Å². The van der Waals surface area contributed by atoms with E-state index in [9.17, 15) is 4.79 Å². The van der Waals surface area contributed by atoms with Crippen LogP contribution in [-0.4, -0.2) is 12.3 Å². The molecule has 17 heavy (non-hydrogen) atoms. The van der Waals surface area contributed by atoms with Crippen molar-refractivity contribution >= 4 is 5.78 Å². The second kappa shape index (κ2) is 5.64. The summed E-state index contributed by atoms with van der Waals surface area (Å²) in [5.74, 6) is -0.484. The van der Waals surface area contributed by atoms with Gasteiger partial charge in [0.15, 0.2) is 0 Å². The van der Waals surface area contributed by atoms with Crippen molar-refractivity contribution in [1.29, 1.82) is 0 Å². The average Bonchev–Trinajstić information content (AvgIpc) is 2.26. The number of Topliss-reactive ketones (excluding diaryl/α,β-unsaturated/α-hetero) is 1. The molecule has 0 aromatic heterocycles. The van der Waals surface area contributed by atoms with Gasteiger partial charge in [-0.25, -0.2) is 0 Å². The van der Waals surface area contributed by atoms with E-state index in [0.29, 0.717) is 12.2 Å². The molecule has 3 heteroatoms. The minimum Gasteiger partial charge on any atom is -0.402 e. The molecule has 0 bridgehead atoms. The van der Waals surface area contributed by atoms with E-state index in [-0.39, 0.29) is 11.7 Å². The standard InChI is InChI=1S/C14H20N2O/c1-9-4-6-12(7-5-9)13(8-15)14(10(2)16)11(3)17/h4-7,13-14H,2,8,15-16H2,1,3H3. The van der Waals surface area contributed by atoms with Gasteiger partial charge in [-0.05, 0) is 19.4 Å². The zero-order valence-electron chi connectivity index (χ0n) is 10.4. The van der Waals surface area contributed by atoms with Gasteiger partial charge in [0, 0.05) is 18.2 Å². The van der Waals surface area contributed by atoms with E-state index in [1.165, 1.54) is 12.5 Å². The van der Waals surface area contributed by atoms with Gasteiger partial charge in [-0.2, -0.15) is 0 Å². The Morgan fingerprint density at radius 3 is 2.24 bits per heavy atom. The van der Waals surface area contributed by atoms with Crippen LogP contribution >= 0.6 is 0 Å². The molecular formula is C14H20N2O. The molecule has 92 valence electrons. The zero-order valence-corrected chi connectivity index (χ0v) is 10.4. The van der Waals surface area contributed by atoms with Gasteiger partial charge in [0.1, 0.15) is 5.78 Å². The Labute approximate surface area is 103 Å². The molecule has 1 aromatic rings. The van der Waals surface area contributed by atoms with Crippen molar-refractivity contribution in [2.45, 2.75) is 19.8 Å². The van der Waals surface area contributed by atoms with Gasteiger partial charge in [0.25, 0.3) is 0 Å². The second-order valence-electron chi connectivity index (χ2n) is 4.42. The lowest BCUT2D eigenvalue weighted by molar-refractivity contribution is -0.120.